The van der Waals surface area contributed by atoms with E-state index in [1.165, 1.54) is 0 Å². The Hall–Kier alpha value is -3.03. The molecule has 2 heterocycles. The number of alkyl halides is 3. The number of benzene rings is 2. The van der Waals surface area contributed by atoms with Crippen LogP contribution in [0.25, 0.3) is 10.9 Å². The molecule has 5 nitrogen and oxygen atoms in total. The van der Waals surface area contributed by atoms with Crippen molar-refractivity contribution in [2.45, 2.75) is 18.9 Å². The predicted octanol–water partition coefficient (Wildman–Crippen LogP) is 3.25. The van der Waals surface area contributed by atoms with Gasteiger partial charge in [0.25, 0.3) is 6.23 Å². The first kappa shape index (κ1) is 15.5. The van der Waals surface area contributed by atoms with Crippen LogP contribution in [0, 0.1) is 0 Å². The zero-order valence-corrected chi connectivity index (χ0v) is 12.9. The van der Waals surface area contributed by atoms with Crippen molar-refractivity contribution in [3.05, 3.63) is 65.9 Å². The van der Waals surface area contributed by atoms with Gasteiger partial charge in [-0.05, 0) is 23.8 Å². The molecule has 0 aliphatic carbocycles. The van der Waals surface area contributed by atoms with Crippen LogP contribution in [0.5, 0.6) is 0 Å². The smallest absolute Gasteiger partial charge is 0.359 e. The van der Waals surface area contributed by atoms with Gasteiger partial charge in [0, 0.05) is 17.1 Å². The molecule has 1 atom stereocenters. The van der Waals surface area contributed by atoms with E-state index in [1.807, 2.05) is 36.5 Å². The summed E-state index contributed by atoms with van der Waals surface area (Å²) in [7, 11) is 0. The minimum Gasteiger partial charge on any atom is -0.359 e. The van der Waals surface area contributed by atoms with Gasteiger partial charge in [0.1, 0.15) is 0 Å². The SMILES string of the molecule is FC(F)(F)C1NC(c2ccc3nn(Cc4ccccc4)cc3c2)=NO1. The Morgan fingerprint density at radius 1 is 1.12 bits per heavy atom. The maximum Gasteiger partial charge on any atom is 0.448 e. The molecule has 0 spiro atoms. The molecule has 0 fully saturated rings. The van der Waals surface area contributed by atoms with E-state index in [2.05, 4.69) is 20.4 Å². The van der Waals surface area contributed by atoms with Crippen LogP contribution in [-0.4, -0.2) is 28.0 Å². The van der Waals surface area contributed by atoms with Crippen LogP contribution in [0.4, 0.5) is 13.2 Å². The highest BCUT2D eigenvalue weighted by Crippen LogP contribution is 2.25. The molecule has 1 N–H and O–H groups in total. The van der Waals surface area contributed by atoms with Gasteiger partial charge in [0.15, 0.2) is 5.84 Å². The van der Waals surface area contributed by atoms with Gasteiger partial charge < -0.3 is 10.2 Å². The second kappa shape index (κ2) is 5.80. The zero-order valence-electron chi connectivity index (χ0n) is 12.9. The Morgan fingerprint density at radius 2 is 1.92 bits per heavy atom. The second-order valence-corrected chi connectivity index (χ2v) is 5.70. The first-order valence-corrected chi connectivity index (χ1v) is 7.58. The van der Waals surface area contributed by atoms with Gasteiger partial charge in [-0.25, -0.2) is 0 Å². The molecule has 128 valence electrons. The number of amidine groups is 1. The fourth-order valence-electron chi connectivity index (χ4n) is 2.64. The normalized spacial score (nSPS) is 17.2. The number of oxime groups is 1. The summed E-state index contributed by atoms with van der Waals surface area (Å²) < 4.78 is 39.7. The van der Waals surface area contributed by atoms with Crippen LogP contribution < -0.4 is 5.32 Å². The summed E-state index contributed by atoms with van der Waals surface area (Å²) >= 11 is 0. The molecule has 0 radical (unpaired) electrons. The highest BCUT2D eigenvalue weighted by molar-refractivity contribution is 6.01. The Labute approximate surface area is 140 Å². The van der Waals surface area contributed by atoms with Gasteiger partial charge in [-0.3, -0.25) is 4.68 Å². The minimum absolute atomic E-state index is 0.0556. The quantitative estimate of drug-likeness (QED) is 0.792. The number of nitrogens with zero attached hydrogens (tertiary/aromatic N) is 3. The highest BCUT2D eigenvalue weighted by Gasteiger charge is 2.45. The van der Waals surface area contributed by atoms with Crippen molar-refractivity contribution in [1.29, 1.82) is 0 Å². The van der Waals surface area contributed by atoms with Gasteiger partial charge in [-0.1, -0.05) is 35.5 Å². The molecule has 0 saturated heterocycles. The standard InChI is InChI=1S/C17H13F3N4O/c18-17(19,20)16-21-15(23-25-16)12-6-7-14-13(8-12)10-24(22-14)9-11-4-2-1-3-5-11/h1-8,10,16H,9H2,(H,21,23). The number of hydrogen-bond donors (Lipinski definition) is 1. The Bertz CT molecular complexity index is 934. The molecule has 0 amide bonds. The van der Waals surface area contributed by atoms with E-state index in [1.54, 1.807) is 22.9 Å². The fraction of sp³-hybridized carbons (Fsp3) is 0.176. The molecule has 0 bridgehead atoms. The van der Waals surface area contributed by atoms with Crippen LogP contribution in [0.15, 0.2) is 59.9 Å². The molecule has 8 heteroatoms. The molecule has 1 aromatic heterocycles. The lowest BCUT2D eigenvalue weighted by molar-refractivity contribution is -0.218. The van der Waals surface area contributed by atoms with Crippen molar-refractivity contribution in [3.63, 3.8) is 0 Å². The summed E-state index contributed by atoms with van der Waals surface area (Å²) in [4.78, 5) is 4.41. The number of nitrogens with one attached hydrogen (secondary N) is 1. The molecule has 3 aromatic rings. The zero-order chi connectivity index (χ0) is 17.4. The lowest BCUT2D eigenvalue weighted by Gasteiger charge is -2.13. The van der Waals surface area contributed by atoms with Crippen LogP contribution in [0.1, 0.15) is 11.1 Å². The van der Waals surface area contributed by atoms with Crippen molar-refractivity contribution in [1.82, 2.24) is 15.1 Å². The predicted molar refractivity (Wildman–Crippen MR) is 85.9 cm³/mol. The van der Waals surface area contributed by atoms with Crippen LogP contribution >= 0.6 is 0 Å². The summed E-state index contributed by atoms with van der Waals surface area (Å²) in [5, 5.41) is 11.0. The van der Waals surface area contributed by atoms with Gasteiger partial charge >= 0.3 is 6.18 Å². The number of aromatic nitrogens is 2. The van der Waals surface area contributed by atoms with Crippen LogP contribution in [0.3, 0.4) is 0 Å². The van der Waals surface area contributed by atoms with Crippen LogP contribution in [-0.2, 0) is 11.4 Å². The van der Waals surface area contributed by atoms with E-state index in [0.717, 1.165) is 16.5 Å². The third kappa shape index (κ3) is 3.15. The Morgan fingerprint density at radius 3 is 2.64 bits per heavy atom. The molecule has 4 rings (SSSR count). The molecule has 2 aromatic carbocycles. The maximum absolute atomic E-state index is 12.6. The lowest BCUT2D eigenvalue weighted by atomic mass is 10.1. The van der Waals surface area contributed by atoms with E-state index >= 15 is 0 Å². The number of halogens is 3. The minimum atomic E-state index is -4.52. The topological polar surface area (TPSA) is 51.4 Å². The summed E-state index contributed by atoms with van der Waals surface area (Å²) in [6.07, 6.45) is -4.78. The second-order valence-electron chi connectivity index (χ2n) is 5.70. The van der Waals surface area contributed by atoms with Crippen molar-refractivity contribution < 1.29 is 18.0 Å². The largest absolute Gasteiger partial charge is 0.448 e. The van der Waals surface area contributed by atoms with Crippen LogP contribution in [0.2, 0.25) is 0 Å². The van der Waals surface area contributed by atoms with E-state index < -0.39 is 12.4 Å². The fourth-order valence-corrected chi connectivity index (χ4v) is 2.64. The van der Waals surface area contributed by atoms with Gasteiger partial charge in [-0.15, -0.1) is 0 Å². The molecule has 1 aliphatic heterocycles. The Balaban J connectivity index is 1.57. The monoisotopic (exact) mass is 346 g/mol. The van der Waals surface area contributed by atoms with E-state index in [9.17, 15) is 13.2 Å². The summed E-state index contributed by atoms with van der Waals surface area (Å²) in [5.41, 5.74) is 2.38. The van der Waals surface area contributed by atoms with Gasteiger partial charge in [0.05, 0.1) is 12.1 Å². The molecular formula is C17H13F3N4O. The molecular weight excluding hydrogens is 333 g/mol. The van der Waals surface area contributed by atoms with Gasteiger partial charge in [-0.2, -0.15) is 18.3 Å². The van der Waals surface area contributed by atoms with E-state index in [4.69, 9.17) is 0 Å². The summed E-state index contributed by atoms with van der Waals surface area (Å²) in [6.45, 7) is 0.614. The number of fused-ring (bicyclic) bond motifs is 1. The Kier molecular flexibility index (Phi) is 3.60. The lowest BCUT2D eigenvalue weighted by Crippen LogP contribution is -2.41. The van der Waals surface area contributed by atoms with Gasteiger partial charge in [0.2, 0.25) is 0 Å². The first-order valence-electron chi connectivity index (χ1n) is 7.58. The average Bonchev–Trinajstić information content (AvgIpc) is 3.21. The number of rotatable bonds is 3. The third-order valence-corrected chi connectivity index (χ3v) is 3.83. The first-order chi connectivity index (χ1) is 12.0. The summed E-state index contributed by atoms with van der Waals surface area (Å²) in [5.74, 6) is 0.0556. The van der Waals surface area contributed by atoms with Crippen molar-refractivity contribution >= 4 is 16.7 Å². The van der Waals surface area contributed by atoms with Crippen molar-refractivity contribution in [2.75, 3.05) is 0 Å². The van der Waals surface area contributed by atoms with E-state index in [0.29, 0.717) is 12.1 Å². The number of hydrogen-bond acceptors (Lipinski definition) is 4. The average molecular weight is 346 g/mol. The van der Waals surface area contributed by atoms with Crippen molar-refractivity contribution in [3.8, 4) is 0 Å². The molecule has 25 heavy (non-hydrogen) atoms. The highest BCUT2D eigenvalue weighted by atomic mass is 19.4. The van der Waals surface area contributed by atoms with E-state index in [-0.39, 0.29) is 5.84 Å². The third-order valence-electron chi connectivity index (χ3n) is 3.83. The molecule has 1 aliphatic rings. The molecule has 1 unspecified atom stereocenters. The maximum atomic E-state index is 12.6. The summed E-state index contributed by atoms with van der Waals surface area (Å²) in [6, 6.07) is 15.0. The molecule has 0 saturated carbocycles. The van der Waals surface area contributed by atoms with Crippen molar-refractivity contribution in [2.24, 2.45) is 5.16 Å².